The fourth-order valence-electron chi connectivity index (χ4n) is 2.06. The summed E-state index contributed by atoms with van der Waals surface area (Å²) in [5, 5.41) is 9.54. The standard InChI is InChI=1S/C14H12N2O/c1-9(13-3-2-6-15-13)12-8-16-14-5-4-10(17)7-11(12)14/h2-8,15,17H,1H3. The van der Waals surface area contributed by atoms with Crippen LogP contribution in [0.5, 0.6) is 5.75 Å². The van der Waals surface area contributed by atoms with Crippen LogP contribution in [0.3, 0.4) is 0 Å². The molecule has 0 atom stereocenters. The van der Waals surface area contributed by atoms with E-state index in [0.717, 1.165) is 28.1 Å². The van der Waals surface area contributed by atoms with Gasteiger partial charge in [0.1, 0.15) is 5.75 Å². The van der Waals surface area contributed by atoms with Gasteiger partial charge in [0.15, 0.2) is 0 Å². The number of phenolic OH excluding ortho intramolecular Hbond substituents is 1. The lowest BCUT2D eigenvalue weighted by Gasteiger charge is -2.05. The van der Waals surface area contributed by atoms with E-state index in [1.54, 1.807) is 12.1 Å². The zero-order valence-electron chi connectivity index (χ0n) is 9.44. The highest BCUT2D eigenvalue weighted by Crippen LogP contribution is 2.37. The second-order valence-corrected chi connectivity index (χ2v) is 4.08. The van der Waals surface area contributed by atoms with Gasteiger partial charge in [0.25, 0.3) is 0 Å². The summed E-state index contributed by atoms with van der Waals surface area (Å²) >= 11 is 0. The Morgan fingerprint density at radius 2 is 2.18 bits per heavy atom. The van der Waals surface area contributed by atoms with E-state index >= 15 is 0 Å². The highest BCUT2D eigenvalue weighted by molar-refractivity contribution is 6.23. The molecule has 2 aromatic rings. The highest BCUT2D eigenvalue weighted by atomic mass is 16.3. The summed E-state index contributed by atoms with van der Waals surface area (Å²) in [5.74, 6) is 0.269. The molecule has 0 aliphatic carbocycles. The van der Waals surface area contributed by atoms with Crippen molar-refractivity contribution in [2.45, 2.75) is 6.92 Å². The van der Waals surface area contributed by atoms with Gasteiger partial charge in [-0.05, 0) is 42.8 Å². The highest BCUT2D eigenvalue weighted by Gasteiger charge is 2.16. The van der Waals surface area contributed by atoms with Crippen molar-refractivity contribution in [1.82, 2.24) is 4.98 Å². The Bertz CT molecular complexity index is 622. The first kappa shape index (κ1) is 9.90. The summed E-state index contributed by atoms with van der Waals surface area (Å²) in [4.78, 5) is 7.52. The van der Waals surface area contributed by atoms with Gasteiger partial charge in [0, 0.05) is 29.2 Å². The second-order valence-electron chi connectivity index (χ2n) is 4.08. The van der Waals surface area contributed by atoms with Gasteiger partial charge in [0.2, 0.25) is 0 Å². The third-order valence-corrected chi connectivity index (χ3v) is 3.01. The molecule has 3 heteroatoms. The number of phenols is 1. The number of H-pyrrole nitrogens is 1. The number of hydrogen-bond acceptors (Lipinski definition) is 2. The number of aromatic nitrogens is 1. The number of hydrogen-bond donors (Lipinski definition) is 2. The lowest BCUT2D eigenvalue weighted by molar-refractivity contribution is 0.475. The normalized spacial score (nSPS) is 16.1. The Labute approximate surface area is 99.2 Å². The molecule has 1 aromatic heterocycles. The number of allylic oxidation sites excluding steroid dienone is 2. The van der Waals surface area contributed by atoms with E-state index in [1.165, 1.54) is 0 Å². The molecule has 2 heterocycles. The largest absolute Gasteiger partial charge is 0.508 e. The van der Waals surface area contributed by atoms with Crippen molar-refractivity contribution < 1.29 is 5.11 Å². The van der Waals surface area contributed by atoms with Crippen LogP contribution >= 0.6 is 0 Å². The van der Waals surface area contributed by atoms with Crippen LogP contribution in [-0.4, -0.2) is 16.3 Å². The van der Waals surface area contributed by atoms with E-state index in [1.807, 2.05) is 37.5 Å². The van der Waals surface area contributed by atoms with Crippen LogP contribution in [0, 0.1) is 0 Å². The summed E-state index contributed by atoms with van der Waals surface area (Å²) < 4.78 is 0. The van der Waals surface area contributed by atoms with Gasteiger partial charge in [-0.3, -0.25) is 4.99 Å². The van der Waals surface area contributed by atoms with Crippen molar-refractivity contribution in [3.8, 4) is 5.75 Å². The van der Waals surface area contributed by atoms with Gasteiger partial charge in [-0.1, -0.05) is 0 Å². The molecule has 1 aliphatic rings. The topological polar surface area (TPSA) is 48.4 Å². The van der Waals surface area contributed by atoms with Gasteiger partial charge in [-0.2, -0.15) is 0 Å². The Balaban J connectivity index is 2.18. The summed E-state index contributed by atoms with van der Waals surface area (Å²) in [6.45, 7) is 2.05. The Hall–Kier alpha value is -2.29. The number of rotatable bonds is 1. The van der Waals surface area contributed by atoms with Crippen LogP contribution in [-0.2, 0) is 0 Å². The van der Waals surface area contributed by atoms with Crippen molar-refractivity contribution in [3.05, 3.63) is 47.8 Å². The Morgan fingerprint density at radius 3 is 2.94 bits per heavy atom. The van der Waals surface area contributed by atoms with E-state index in [4.69, 9.17) is 0 Å². The second kappa shape index (κ2) is 3.63. The molecular formula is C14H12N2O. The van der Waals surface area contributed by atoms with Gasteiger partial charge in [-0.15, -0.1) is 0 Å². The van der Waals surface area contributed by atoms with E-state index in [9.17, 15) is 5.11 Å². The summed E-state index contributed by atoms with van der Waals surface area (Å²) in [6.07, 6.45) is 3.75. The molecule has 0 saturated heterocycles. The first-order valence-electron chi connectivity index (χ1n) is 5.48. The molecule has 3 rings (SSSR count). The number of benzene rings is 1. The molecule has 2 N–H and O–H groups in total. The van der Waals surface area contributed by atoms with Crippen LogP contribution in [0.2, 0.25) is 0 Å². The fraction of sp³-hybridized carbons (Fsp3) is 0.0714. The molecule has 1 aromatic carbocycles. The van der Waals surface area contributed by atoms with Crippen molar-refractivity contribution in [3.63, 3.8) is 0 Å². The smallest absolute Gasteiger partial charge is 0.116 e. The van der Waals surface area contributed by atoms with Gasteiger partial charge in [-0.25, -0.2) is 0 Å². The summed E-state index contributed by atoms with van der Waals surface area (Å²) in [7, 11) is 0. The van der Waals surface area contributed by atoms with Gasteiger partial charge in [0.05, 0.1) is 5.69 Å². The van der Waals surface area contributed by atoms with E-state index < -0.39 is 0 Å². The summed E-state index contributed by atoms with van der Waals surface area (Å²) in [6, 6.07) is 9.23. The molecule has 84 valence electrons. The molecule has 3 nitrogen and oxygen atoms in total. The maximum atomic E-state index is 9.54. The average molecular weight is 224 g/mol. The SMILES string of the molecule is CC(=C1C=Nc2ccc(O)cc21)c1ccc[nH]1. The molecule has 0 amide bonds. The quantitative estimate of drug-likeness (QED) is 0.766. The number of fused-ring (bicyclic) bond motifs is 1. The minimum absolute atomic E-state index is 0.269. The monoisotopic (exact) mass is 224 g/mol. The predicted molar refractivity (Wildman–Crippen MR) is 69.5 cm³/mol. The Kier molecular flexibility index (Phi) is 2.11. The molecule has 0 unspecified atom stereocenters. The third-order valence-electron chi connectivity index (χ3n) is 3.01. The van der Waals surface area contributed by atoms with Crippen LogP contribution < -0.4 is 0 Å². The molecule has 0 spiro atoms. The minimum atomic E-state index is 0.269. The van der Waals surface area contributed by atoms with E-state index in [-0.39, 0.29) is 5.75 Å². The molecule has 0 fully saturated rings. The zero-order chi connectivity index (χ0) is 11.8. The maximum Gasteiger partial charge on any atom is 0.116 e. The number of aliphatic imine (C=N–C) groups is 1. The lowest BCUT2D eigenvalue weighted by Crippen LogP contribution is -1.87. The average Bonchev–Trinajstić information content (AvgIpc) is 2.97. The van der Waals surface area contributed by atoms with Crippen molar-refractivity contribution in [2.24, 2.45) is 4.99 Å². The molecule has 0 saturated carbocycles. The number of nitrogens with zero attached hydrogens (tertiary/aromatic N) is 1. The first-order chi connectivity index (χ1) is 8.25. The molecule has 0 bridgehead atoms. The molecular weight excluding hydrogens is 212 g/mol. The van der Waals surface area contributed by atoms with Crippen LogP contribution in [0.1, 0.15) is 18.2 Å². The number of aromatic hydroxyl groups is 1. The number of aromatic amines is 1. The van der Waals surface area contributed by atoms with Crippen molar-refractivity contribution in [2.75, 3.05) is 0 Å². The van der Waals surface area contributed by atoms with E-state index in [2.05, 4.69) is 9.98 Å². The molecule has 17 heavy (non-hydrogen) atoms. The molecule has 1 aliphatic heterocycles. The lowest BCUT2D eigenvalue weighted by atomic mass is 10.0. The van der Waals surface area contributed by atoms with Crippen LogP contribution in [0.25, 0.3) is 11.1 Å². The van der Waals surface area contributed by atoms with Crippen LogP contribution in [0.4, 0.5) is 5.69 Å². The first-order valence-corrected chi connectivity index (χ1v) is 5.48. The molecule has 0 radical (unpaired) electrons. The van der Waals surface area contributed by atoms with E-state index in [0.29, 0.717) is 0 Å². The zero-order valence-corrected chi connectivity index (χ0v) is 9.44. The van der Waals surface area contributed by atoms with Crippen molar-refractivity contribution in [1.29, 1.82) is 0 Å². The Morgan fingerprint density at radius 1 is 1.29 bits per heavy atom. The fourth-order valence-corrected chi connectivity index (χ4v) is 2.06. The third kappa shape index (κ3) is 1.56. The maximum absolute atomic E-state index is 9.54. The van der Waals surface area contributed by atoms with Gasteiger partial charge < -0.3 is 10.1 Å². The van der Waals surface area contributed by atoms with Gasteiger partial charge >= 0.3 is 0 Å². The minimum Gasteiger partial charge on any atom is -0.508 e. The number of nitrogens with one attached hydrogen (secondary N) is 1. The predicted octanol–water partition coefficient (Wildman–Crippen LogP) is 3.37. The van der Waals surface area contributed by atoms with Crippen LogP contribution in [0.15, 0.2) is 41.5 Å². The van der Waals surface area contributed by atoms with Crippen molar-refractivity contribution >= 4 is 23.0 Å². The summed E-state index contributed by atoms with van der Waals surface area (Å²) in [5.41, 5.74) is 5.14.